The molecule has 24 aromatic carbocycles. The van der Waals surface area contributed by atoms with Gasteiger partial charge < -0.3 is 13.3 Å². The van der Waals surface area contributed by atoms with Crippen molar-refractivity contribution in [2.24, 2.45) is 0 Å². The van der Waals surface area contributed by atoms with E-state index in [9.17, 15) is 8.78 Å². The topological polar surface area (TPSA) is 39.4 Å². The first-order valence-corrected chi connectivity index (χ1v) is 47.5. The largest absolute Gasteiger partial charge is 0.456 e. The van der Waals surface area contributed by atoms with Gasteiger partial charge in [-0.2, -0.15) is 0 Å². The van der Waals surface area contributed by atoms with Crippen molar-refractivity contribution in [3.8, 4) is 134 Å². The van der Waals surface area contributed by atoms with Crippen molar-refractivity contribution in [2.45, 2.75) is 19.8 Å². The average Bonchev–Trinajstić information content (AvgIpc) is 1.71. The summed E-state index contributed by atoms with van der Waals surface area (Å²) in [4.78, 5) is 0. The number of fused-ring (bicyclic) bond motifs is 15. The van der Waals surface area contributed by atoms with Crippen LogP contribution in [0.5, 0.6) is 0 Å². The van der Waals surface area contributed by atoms with E-state index in [0.717, 1.165) is 155 Å². The molecule has 0 amide bonds. The zero-order valence-electron chi connectivity index (χ0n) is 81.4. The van der Waals surface area contributed by atoms with Gasteiger partial charge in [-0.05, 0) is 283 Å². The lowest BCUT2D eigenvalue weighted by Crippen LogP contribution is -1.90. The summed E-state index contributed by atoms with van der Waals surface area (Å²) in [5.74, 6) is -0.667. The Labute approximate surface area is 815 Å². The summed E-state index contributed by atoms with van der Waals surface area (Å²) in [5, 5.41) is 19.7. The van der Waals surface area contributed by atoms with E-state index in [-0.39, 0.29) is 29.7 Å². The first-order valence-electron chi connectivity index (χ1n) is 50.0. The summed E-state index contributed by atoms with van der Waals surface area (Å²) in [6.45, 7) is 4.47. The third-order valence-corrected chi connectivity index (χ3v) is 27.8. The van der Waals surface area contributed by atoms with Gasteiger partial charge in [0.15, 0.2) is 0 Å². The van der Waals surface area contributed by atoms with Crippen molar-refractivity contribution in [3.05, 3.63) is 508 Å². The van der Waals surface area contributed by atoms with E-state index in [2.05, 4.69) is 354 Å². The lowest BCUT2D eigenvalue weighted by Gasteiger charge is -2.17. The van der Waals surface area contributed by atoms with Crippen molar-refractivity contribution in [1.29, 1.82) is 0 Å². The van der Waals surface area contributed by atoms with E-state index in [1.807, 2.05) is 103 Å². The molecule has 5 heteroatoms. The molecule has 3 nitrogen and oxygen atoms in total. The molecule has 0 aliphatic heterocycles. The molecule has 0 bridgehead atoms. The van der Waals surface area contributed by atoms with Crippen molar-refractivity contribution in [3.63, 3.8) is 0 Å². The minimum absolute atomic E-state index is 0.201. The molecule has 0 unspecified atom stereocenters. The molecule has 0 fully saturated rings. The Morgan fingerprint density at radius 1 is 0.186 bits per heavy atom. The van der Waals surface area contributed by atoms with Crippen LogP contribution in [0, 0.1) is 11.6 Å². The molecule has 3 aromatic heterocycles. The van der Waals surface area contributed by atoms with Crippen LogP contribution in [0.15, 0.2) is 505 Å². The van der Waals surface area contributed by atoms with Crippen LogP contribution in [0.4, 0.5) is 8.78 Å². The van der Waals surface area contributed by atoms with Gasteiger partial charge >= 0.3 is 0 Å². The van der Waals surface area contributed by atoms with Crippen LogP contribution in [-0.2, 0) is 0 Å². The molecule has 0 aliphatic carbocycles. The Hall–Kier alpha value is -17.9. The van der Waals surface area contributed by atoms with Gasteiger partial charge in [-0.25, -0.2) is 8.78 Å². The SMILES string of the molecule is CC(C)c1ccc(-c2ccccc2-c2ccc3c(c2)oc2ccc(-c4c5ccccc5c(-c5ccccc5)c5ccccc45)cc23)cc1.Fc1cc(F)cc(-c2ccc(-c3ccc4oc5ccc(-c6c7ccccc7c(-c7ccccc7)c7ccccc67)cc5c4c3)cc2)c1.[2H]c1c([2H])c([2H])c(-c2c3ccccc3c(-c3ccc4oc5c(-c6ccccc6)ccc(-c6ccccc6)c5c4c3)c3ccccc23)c([2H])c1[2H]. The number of hydrogen-bond acceptors (Lipinski definition) is 3. The molecular formula is C135H88F2O3. The summed E-state index contributed by atoms with van der Waals surface area (Å²) in [7, 11) is 0. The highest BCUT2D eigenvalue weighted by Crippen LogP contribution is 2.52. The minimum atomic E-state index is -0.589. The van der Waals surface area contributed by atoms with Crippen LogP contribution in [0.25, 0.3) is 264 Å². The van der Waals surface area contributed by atoms with Crippen LogP contribution in [0.3, 0.4) is 0 Å². The van der Waals surface area contributed by atoms with Crippen LogP contribution < -0.4 is 0 Å². The molecule has 660 valence electrons. The molecular weight excluding hydrogens is 1710 g/mol. The number of hydrogen-bond donors (Lipinski definition) is 0. The minimum Gasteiger partial charge on any atom is -0.456 e. The molecule has 0 saturated carbocycles. The smallest absolute Gasteiger partial charge is 0.143 e. The van der Waals surface area contributed by atoms with E-state index >= 15 is 0 Å². The van der Waals surface area contributed by atoms with Gasteiger partial charge in [0.25, 0.3) is 0 Å². The maximum Gasteiger partial charge on any atom is 0.143 e. The zero-order valence-corrected chi connectivity index (χ0v) is 76.4. The second-order valence-electron chi connectivity index (χ2n) is 36.3. The fourth-order valence-electron chi connectivity index (χ4n) is 21.4. The van der Waals surface area contributed by atoms with Gasteiger partial charge in [0.05, 0.1) is 6.85 Å². The quantitative estimate of drug-likeness (QED) is 0.108. The monoisotopic (exact) mass is 1800 g/mol. The first-order chi connectivity index (χ1) is 71.2. The first kappa shape index (κ1) is 78.4. The van der Waals surface area contributed by atoms with Gasteiger partial charge in [0.1, 0.15) is 45.1 Å². The lowest BCUT2D eigenvalue weighted by molar-refractivity contribution is 0.584. The van der Waals surface area contributed by atoms with E-state index in [4.69, 9.17) is 20.1 Å². The van der Waals surface area contributed by atoms with Crippen molar-refractivity contribution in [1.82, 2.24) is 0 Å². The van der Waals surface area contributed by atoms with Gasteiger partial charge in [-0.15, -0.1) is 0 Å². The normalized spacial score (nSPS) is 12.1. The Bertz CT molecular complexity index is 9640. The second kappa shape index (κ2) is 35.4. The highest BCUT2D eigenvalue weighted by atomic mass is 19.1. The standard InChI is InChI=1S/C47H34O.C44H26F2O.C44H28O/c1-30(2)31-20-22-32(23-21-31)36-14-6-7-15-37(36)34-24-26-38-43-28-35(25-27-44(43)48-45(38)29-34)47-41-18-10-8-16-39(41)46(33-12-4-3-5-13-33)40-17-9-11-19-42(40)47;45-33-22-32(23-34(46)26-33)28-16-14-27(15-17-28)30-18-20-41-39(24-30)40-25-31(19-21-42(40)47-41)44-37-12-6-4-10-35(37)43(29-8-2-1-3-9-29)36-11-5-7-13-38(36)44;1-4-14-29(15-5-1)33-25-26-34(30-16-6-2-7-17-30)44-43(33)39-28-32(24-27-40(39)45-44)42-37-22-12-10-20-35(37)41(31-18-8-3-9-19-31)36-21-11-13-23-38(36)42/h3-30H,1-2H3;1-26H;1-28H/i;;3D,8D,9D,18D,19D. The highest BCUT2D eigenvalue weighted by molar-refractivity contribution is 6.27. The van der Waals surface area contributed by atoms with Crippen molar-refractivity contribution < 1.29 is 28.9 Å². The predicted molar refractivity (Wildman–Crippen MR) is 585 cm³/mol. The molecule has 0 N–H and O–H groups in total. The van der Waals surface area contributed by atoms with Crippen molar-refractivity contribution in [2.75, 3.05) is 0 Å². The van der Waals surface area contributed by atoms with Crippen LogP contribution in [0.2, 0.25) is 0 Å². The van der Waals surface area contributed by atoms with Crippen LogP contribution >= 0.6 is 0 Å². The molecule has 0 saturated heterocycles. The fraction of sp³-hybridized carbons (Fsp3) is 0.0222. The highest BCUT2D eigenvalue weighted by Gasteiger charge is 2.26. The van der Waals surface area contributed by atoms with Crippen molar-refractivity contribution >= 4 is 130 Å². The van der Waals surface area contributed by atoms with Gasteiger partial charge in [-0.3, -0.25) is 0 Å². The molecule has 0 radical (unpaired) electrons. The molecule has 0 aliphatic rings. The molecule has 0 atom stereocenters. The number of rotatable bonds is 13. The molecule has 27 rings (SSSR count). The third-order valence-electron chi connectivity index (χ3n) is 27.8. The Morgan fingerprint density at radius 2 is 0.486 bits per heavy atom. The number of halogens is 2. The van der Waals surface area contributed by atoms with Gasteiger partial charge in [-0.1, -0.05) is 420 Å². The second-order valence-corrected chi connectivity index (χ2v) is 36.3. The summed E-state index contributed by atoms with van der Waals surface area (Å²) in [5.41, 5.74) is 31.4. The summed E-state index contributed by atoms with van der Waals surface area (Å²) in [6.07, 6.45) is 0. The average molecular weight is 1800 g/mol. The van der Waals surface area contributed by atoms with Gasteiger partial charge in [0, 0.05) is 43.9 Å². The summed E-state index contributed by atoms with van der Waals surface area (Å²) < 4.78 is 90.1. The lowest BCUT2D eigenvalue weighted by atomic mass is 9.85. The maximum atomic E-state index is 13.8. The Balaban J connectivity index is 0.000000114. The third kappa shape index (κ3) is 15.0. The zero-order chi connectivity index (χ0) is 97.8. The summed E-state index contributed by atoms with van der Waals surface area (Å²) in [6, 6.07) is 157. The fourth-order valence-corrected chi connectivity index (χ4v) is 21.4. The van der Waals surface area contributed by atoms with Crippen LogP contribution in [0.1, 0.15) is 32.2 Å². The molecule has 0 spiro atoms. The maximum absolute atomic E-state index is 13.8. The van der Waals surface area contributed by atoms with E-state index in [0.29, 0.717) is 17.0 Å². The molecule has 140 heavy (non-hydrogen) atoms. The summed E-state index contributed by atoms with van der Waals surface area (Å²) >= 11 is 0. The van der Waals surface area contributed by atoms with E-state index in [1.54, 1.807) is 0 Å². The predicted octanol–water partition coefficient (Wildman–Crippen LogP) is 39.1. The Morgan fingerprint density at radius 3 is 0.914 bits per heavy atom. The number of furan rings is 3. The molecule has 27 aromatic rings. The number of benzene rings is 24. The van der Waals surface area contributed by atoms with Gasteiger partial charge in [0.2, 0.25) is 0 Å². The van der Waals surface area contributed by atoms with Crippen LogP contribution in [-0.4, -0.2) is 0 Å². The van der Waals surface area contributed by atoms with E-state index < -0.39 is 17.7 Å². The van der Waals surface area contributed by atoms with E-state index in [1.165, 1.54) is 116 Å². The molecule has 3 heterocycles. The Kier molecular flexibility index (Phi) is 19.8.